The number of hydrogen-bond acceptors (Lipinski definition) is 5. The molecule has 0 radical (unpaired) electrons. The zero-order valence-electron chi connectivity index (χ0n) is 13.3. The highest BCUT2D eigenvalue weighted by atomic mass is 32.1. The molecule has 0 amide bonds. The summed E-state index contributed by atoms with van der Waals surface area (Å²) < 4.78 is 5.96. The first-order chi connectivity index (χ1) is 9.41. The lowest BCUT2D eigenvalue weighted by Crippen LogP contribution is -2.52. The number of aromatic nitrogens is 1. The predicted molar refractivity (Wildman–Crippen MR) is 85.7 cm³/mol. The summed E-state index contributed by atoms with van der Waals surface area (Å²) in [4.78, 5) is 7.17. The lowest BCUT2D eigenvalue weighted by molar-refractivity contribution is -0.0749. The first-order valence-corrected chi connectivity index (χ1v) is 8.41. The third-order valence-electron chi connectivity index (χ3n) is 3.49. The summed E-state index contributed by atoms with van der Waals surface area (Å²) in [5, 5.41) is 6.79. The SMILES string of the molecule is CCCNC(C)c1csc(N2CC(C)OC(C)(C)C2)n1. The van der Waals surface area contributed by atoms with E-state index in [0.717, 1.165) is 36.9 Å². The Morgan fingerprint density at radius 1 is 1.60 bits per heavy atom. The van der Waals surface area contributed by atoms with Crippen LogP contribution in [0.2, 0.25) is 0 Å². The van der Waals surface area contributed by atoms with Gasteiger partial charge in [0, 0.05) is 24.5 Å². The Morgan fingerprint density at radius 3 is 3.00 bits per heavy atom. The van der Waals surface area contributed by atoms with Gasteiger partial charge in [0.05, 0.1) is 17.4 Å². The van der Waals surface area contributed by atoms with Crippen LogP contribution in [0.15, 0.2) is 5.38 Å². The van der Waals surface area contributed by atoms with Gasteiger partial charge in [-0.15, -0.1) is 11.3 Å². The van der Waals surface area contributed by atoms with Crippen LogP contribution in [-0.4, -0.2) is 36.3 Å². The fourth-order valence-corrected chi connectivity index (χ4v) is 3.61. The van der Waals surface area contributed by atoms with Crippen molar-refractivity contribution < 1.29 is 4.74 Å². The molecule has 2 rings (SSSR count). The highest BCUT2D eigenvalue weighted by Gasteiger charge is 2.32. The molecule has 1 aliphatic rings. The van der Waals surface area contributed by atoms with E-state index in [2.05, 4.69) is 50.2 Å². The Morgan fingerprint density at radius 2 is 2.35 bits per heavy atom. The van der Waals surface area contributed by atoms with E-state index >= 15 is 0 Å². The van der Waals surface area contributed by atoms with Crippen LogP contribution in [0.5, 0.6) is 0 Å². The molecule has 2 heterocycles. The van der Waals surface area contributed by atoms with E-state index in [4.69, 9.17) is 9.72 Å². The largest absolute Gasteiger partial charge is 0.369 e. The van der Waals surface area contributed by atoms with Crippen LogP contribution < -0.4 is 10.2 Å². The summed E-state index contributed by atoms with van der Waals surface area (Å²) in [5.41, 5.74) is 1.05. The number of ether oxygens (including phenoxy) is 1. The normalized spacial score (nSPS) is 23.9. The number of morpholine rings is 1. The van der Waals surface area contributed by atoms with Gasteiger partial charge in [-0.2, -0.15) is 0 Å². The quantitative estimate of drug-likeness (QED) is 0.905. The van der Waals surface area contributed by atoms with Crippen molar-refractivity contribution in [1.82, 2.24) is 10.3 Å². The molecule has 1 aromatic heterocycles. The smallest absolute Gasteiger partial charge is 0.185 e. The minimum absolute atomic E-state index is 0.102. The van der Waals surface area contributed by atoms with Gasteiger partial charge in [0.2, 0.25) is 0 Å². The van der Waals surface area contributed by atoms with Crippen LogP contribution in [0, 0.1) is 0 Å². The summed E-state index contributed by atoms with van der Waals surface area (Å²) in [7, 11) is 0. The van der Waals surface area contributed by atoms with Gasteiger partial charge in [-0.3, -0.25) is 0 Å². The zero-order chi connectivity index (χ0) is 14.8. The van der Waals surface area contributed by atoms with Crippen molar-refractivity contribution in [1.29, 1.82) is 0 Å². The third-order valence-corrected chi connectivity index (χ3v) is 4.41. The van der Waals surface area contributed by atoms with Crippen molar-refractivity contribution in [3.8, 4) is 0 Å². The highest BCUT2D eigenvalue weighted by molar-refractivity contribution is 7.13. The molecule has 0 aromatic carbocycles. The average molecular weight is 297 g/mol. The van der Waals surface area contributed by atoms with E-state index in [1.165, 1.54) is 0 Å². The van der Waals surface area contributed by atoms with Crippen LogP contribution >= 0.6 is 11.3 Å². The summed E-state index contributed by atoms with van der Waals surface area (Å²) in [6.45, 7) is 13.7. The van der Waals surface area contributed by atoms with Crippen molar-refractivity contribution in [3.63, 3.8) is 0 Å². The lowest BCUT2D eigenvalue weighted by atomic mass is 10.1. The molecule has 4 nitrogen and oxygen atoms in total. The molecule has 2 atom stereocenters. The minimum Gasteiger partial charge on any atom is -0.369 e. The van der Waals surface area contributed by atoms with Gasteiger partial charge in [0.15, 0.2) is 5.13 Å². The molecular formula is C15H27N3OS. The molecule has 114 valence electrons. The number of nitrogens with zero attached hydrogens (tertiary/aromatic N) is 2. The van der Waals surface area contributed by atoms with Crippen LogP contribution in [0.4, 0.5) is 5.13 Å². The fourth-order valence-electron chi connectivity index (χ4n) is 2.69. The van der Waals surface area contributed by atoms with Crippen molar-refractivity contribution in [2.24, 2.45) is 0 Å². The van der Waals surface area contributed by atoms with Crippen LogP contribution in [0.3, 0.4) is 0 Å². The molecule has 1 aromatic rings. The molecule has 0 bridgehead atoms. The lowest BCUT2D eigenvalue weighted by Gasteiger charge is -2.41. The van der Waals surface area contributed by atoms with Gasteiger partial charge in [0.25, 0.3) is 0 Å². The van der Waals surface area contributed by atoms with Crippen LogP contribution in [0.1, 0.15) is 52.8 Å². The first kappa shape index (κ1) is 15.7. The molecule has 0 saturated carbocycles. The van der Waals surface area contributed by atoms with Crippen LogP contribution in [-0.2, 0) is 4.74 Å². The first-order valence-electron chi connectivity index (χ1n) is 7.53. The van der Waals surface area contributed by atoms with E-state index in [1.807, 2.05) is 0 Å². The number of rotatable bonds is 5. The summed E-state index contributed by atoms with van der Waals surface area (Å²) in [6.07, 6.45) is 1.40. The van der Waals surface area contributed by atoms with E-state index in [1.54, 1.807) is 11.3 Å². The number of thiazole rings is 1. The molecule has 1 saturated heterocycles. The molecule has 1 fully saturated rings. The van der Waals surface area contributed by atoms with E-state index in [0.29, 0.717) is 6.04 Å². The second-order valence-electron chi connectivity index (χ2n) is 6.30. The van der Waals surface area contributed by atoms with Crippen molar-refractivity contribution in [2.75, 3.05) is 24.5 Å². The second-order valence-corrected chi connectivity index (χ2v) is 7.14. The Kier molecular flexibility index (Phi) is 5.04. The van der Waals surface area contributed by atoms with Gasteiger partial charge in [-0.05, 0) is 40.7 Å². The Hall–Kier alpha value is -0.650. The van der Waals surface area contributed by atoms with E-state index < -0.39 is 0 Å². The molecule has 1 N–H and O–H groups in total. The number of nitrogens with one attached hydrogen (secondary N) is 1. The maximum Gasteiger partial charge on any atom is 0.185 e. The van der Waals surface area contributed by atoms with Crippen LogP contribution in [0.25, 0.3) is 0 Å². The molecule has 0 aliphatic carbocycles. The van der Waals surface area contributed by atoms with Crippen molar-refractivity contribution >= 4 is 16.5 Å². The molecule has 1 aliphatic heterocycles. The topological polar surface area (TPSA) is 37.4 Å². The number of hydrogen-bond donors (Lipinski definition) is 1. The highest BCUT2D eigenvalue weighted by Crippen LogP contribution is 2.29. The van der Waals surface area contributed by atoms with Crippen molar-refractivity contribution in [3.05, 3.63) is 11.1 Å². The predicted octanol–water partition coefficient (Wildman–Crippen LogP) is 3.21. The molecule has 20 heavy (non-hydrogen) atoms. The molecular weight excluding hydrogens is 270 g/mol. The van der Waals surface area contributed by atoms with Gasteiger partial charge < -0.3 is 15.0 Å². The van der Waals surface area contributed by atoms with Gasteiger partial charge in [-0.25, -0.2) is 4.98 Å². The monoisotopic (exact) mass is 297 g/mol. The minimum atomic E-state index is -0.102. The summed E-state index contributed by atoms with van der Waals surface area (Å²) in [5.74, 6) is 0. The van der Waals surface area contributed by atoms with E-state index in [9.17, 15) is 0 Å². The van der Waals surface area contributed by atoms with Gasteiger partial charge >= 0.3 is 0 Å². The average Bonchev–Trinajstić information content (AvgIpc) is 2.83. The maximum absolute atomic E-state index is 5.96. The fraction of sp³-hybridized carbons (Fsp3) is 0.800. The van der Waals surface area contributed by atoms with Gasteiger partial charge in [-0.1, -0.05) is 6.92 Å². The maximum atomic E-state index is 5.96. The Balaban J connectivity index is 2.04. The molecule has 5 heteroatoms. The number of anilines is 1. The standard InChI is InChI=1S/C15H27N3OS/c1-6-7-16-12(3)13-9-20-14(17-13)18-8-11(2)19-15(4,5)10-18/h9,11-12,16H,6-8,10H2,1-5H3. The molecule has 2 unspecified atom stereocenters. The Bertz CT molecular complexity index is 433. The van der Waals surface area contributed by atoms with Gasteiger partial charge in [0.1, 0.15) is 0 Å². The second kappa shape index (κ2) is 6.41. The Labute approximate surface area is 126 Å². The van der Waals surface area contributed by atoms with E-state index in [-0.39, 0.29) is 11.7 Å². The summed E-state index contributed by atoms with van der Waals surface area (Å²) in [6, 6.07) is 0.325. The third kappa shape index (κ3) is 3.93. The van der Waals surface area contributed by atoms with Crippen molar-refractivity contribution in [2.45, 2.75) is 58.8 Å². The summed E-state index contributed by atoms with van der Waals surface area (Å²) >= 11 is 1.74. The molecule has 0 spiro atoms. The zero-order valence-corrected chi connectivity index (χ0v) is 14.1.